The first-order chi connectivity index (χ1) is 11.6. The summed E-state index contributed by atoms with van der Waals surface area (Å²) in [5.74, 6) is 1.90. The van der Waals surface area contributed by atoms with E-state index in [1.807, 2.05) is 13.8 Å². The molecule has 0 spiro atoms. The maximum absolute atomic E-state index is 12.0. The van der Waals surface area contributed by atoms with Crippen molar-refractivity contribution in [1.29, 1.82) is 0 Å². The molecule has 2 aromatic heterocycles. The second kappa shape index (κ2) is 6.01. The number of hydrogen-bond donors (Lipinski definition) is 1. The smallest absolute Gasteiger partial charge is 0.292 e. The third-order valence-corrected chi connectivity index (χ3v) is 4.62. The zero-order valence-electron chi connectivity index (χ0n) is 13.9. The van der Waals surface area contributed by atoms with Gasteiger partial charge >= 0.3 is 0 Å². The van der Waals surface area contributed by atoms with Crippen LogP contribution in [0.15, 0.2) is 8.94 Å². The molecule has 1 aliphatic carbocycles. The number of aryl methyl sites for hydroxylation is 2. The van der Waals surface area contributed by atoms with Gasteiger partial charge < -0.3 is 14.3 Å². The SMILES string of the molecule is Cc1nc(CN2CCC[C@H]2c2nc(C(=O)NC3CC3)no2)oc1C. The van der Waals surface area contributed by atoms with E-state index >= 15 is 0 Å². The molecule has 0 bridgehead atoms. The van der Waals surface area contributed by atoms with E-state index in [0.717, 1.165) is 43.7 Å². The molecule has 8 heteroatoms. The van der Waals surface area contributed by atoms with Crippen molar-refractivity contribution in [3.8, 4) is 0 Å². The summed E-state index contributed by atoms with van der Waals surface area (Å²) in [6, 6.07) is 0.284. The van der Waals surface area contributed by atoms with E-state index in [4.69, 9.17) is 8.94 Å². The van der Waals surface area contributed by atoms with Crippen molar-refractivity contribution in [3.63, 3.8) is 0 Å². The molecule has 1 amide bonds. The number of likely N-dealkylation sites (tertiary alicyclic amines) is 1. The highest BCUT2D eigenvalue weighted by Gasteiger charge is 2.33. The molecular formula is C16H21N5O3. The van der Waals surface area contributed by atoms with Crippen LogP contribution in [0.25, 0.3) is 0 Å². The fraction of sp³-hybridized carbons (Fsp3) is 0.625. The Labute approximate surface area is 139 Å². The van der Waals surface area contributed by atoms with Crippen LogP contribution in [-0.2, 0) is 6.54 Å². The molecule has 1 saturated carbocycles. The van der Waals surface area contributed by atoms with Crippen molar-refractivity contribution in [3.05, 3.63) is 29.1 Å². The van der Waals surface area contributed by atoms with Crippen LogP contribution < -0.4 is 5.32 Å². The summed E-state index contributed by atoms with van der Waals surface area (Å²) in [5.41, 5.74) is 0.914. The number of rotatable bonds is 5. The molecule has 128 valence electrons. The first-order valence-corrected chi connectivity index (χ1v) is 8.41. The third-order valence-electron chi connectivity index (χ3n) is 4.62. The van der Waals surface area contributed by atoms with Crippen molar-refractivity contribution in [2.24, 2.45) is 0 Å². The van der Waals surface area contributed by atoms with Crippen molar-refractivity contribution in [2.75, 3.05) is 6.54 Å². The fourth-order valence-electron chi connectivity index (χ4n) is 3.02. The van der Waals surface area contributed by atoms with Crippen molar-refractivity contribution in [1.82, 2.24) is 25.3 Å². The van der Waals surface area contributed by atoms with Crippen molar-refractivity contribution in [2.45, 2.75) is 58.2 Å². The van der Waals surface area contributed by atoms with Gasteiger partial charge in [0.25, 0.3) is 11.7 Å². The molecule has 1 aliphatic heterocycles. The summed E-state index contributed by atoms with van der Waals surface area (Å²) in [6.45, 7) is 5.37. The molecule has 1 saturated heterocycles. The lowest BCUT2D eigenvalue weighted by molar-refractivity contribution is 0.0937. The highest BCUT2D eigenvalue weighted by atomic mass is 16.5. The zero-order chi connectivity index (χ0) is 16.7. The molecule has 24 heavy (non-hydrogen) atoms. The van der Waals surface area contributed by atoms with Crippen molar-refractivity contribution >= 4 is 5.91 Å². The number of carbonyl (C=O) groups is 1. The van der Waals surface area contributed by atoms with E-state index in [1.165, 1.54) is 0 Å². The molecular weight excluding hydrogens is 310 g/mol. The van der Waals surface area contributed by atoms with Gasteiger partial charge in [0.2, 0.25) is 11.8 Å². The summed E-state index contributed by atoms with van der Waals surface area (Å²) in [4.78, 5) is 23.0. The number of oxazole rings is 1. The van der Waals surface area contributed by atoms with E-state index in [9.17, 15) is 4.79 Å². The monoisotopic (exact) mass is 331 g/mol. The third kappa shape index (κ3) is 3.06. The van der Waals surface area contributed by atoms with Crippen LogP contribution in [-0.4, -0.2) is 38.5 Å². The predicted octanol–water partition coefficient (Wildman–Crippen LogP) is 1.90. The Kier molecular flexibility index (Phi) is 3.84. The Bertz CT molecular complexity index is 729. The summed E-state index contributed by atoms with van der Waals surface area (Å²) < 4.78 is 11.0. The molecule has 4 rings (SSSR count). The van der Waals surface area contributed by atoms with E-state index in [-0.39, 0.29) is 23.8 Å². The molecule has 2 aromatic rings. The van der Waals surface area contributed by atoms with Gasteiger partial charge in [0.1, 0.15) is 5.76 Å². The van der Waals surface area contributed by atoms with E-state index in [0.29, 0.717) is 18.3 Å². The van der Waals surface area contributed by atoms with Crippen LogP contribution in [0.1, 0.15) is 65.6 Å². The minimum absolute atomic E-state index is 0.00693. The first-order valence-electron chi connectivity index (χ1n) is 8.41. The molecule has 2 aliphatic rings. The Morgan fingerprint density at radius 2 is 2.12 bits per heavy atom. The van der Waals surface area contributed by atoms with Gasteiger partial charge in [0, 0.05) is 6.04 Å². The number of nitrogens with zero attached hydrogens (tertiary/aromatic N) is 4. The maximum atomic E-state index is 12.0. The second-order valence-corrected chi connectivity index (χ2v) is 6.58. The predicted molar refractivity (Wildman–Crippen MR) is 83.1 cm³/mol. The van der Waals surface area contributed by atoms with Crippen LogP contribution >= 0.6 is 0 Å². The average molecular weight is 331 g/mol. The van der Waals surface area contributed by atoms with Gasteiger partial charge in [-0.3, -0.25) is 9.69 Å². The number of amides is 1. The number of hydrogen-bond acceptors (Lipinski definition) is 7. The number of carbonyl (C=O) groups excluding carboxylic acids is 1. The fourth-order valence-corrected chi connectivity index (χ4v) is 3.02. The van der Waals surface area contributed by atoms with Crippen LogP contribution in [0.3, 0.4) is 0 Å². The number of aromatic nitrogens is 3. The van der Waals surface area contributed by atoms with Gasteiger partial charge in [-0.2, -0.15) is 4.98 Å². The van der Waals surface area contributed by atoms with Crippen LogP contribution in [0.2, 0.25) is 0 Å². The lowest BCUT2D eigenvalue weighted by atomic mass is 10.2. The van der Waals surface area contributed by atoms with Gasteiger partial charge in [0.15, 0.2) is 0 Å². The first kappa shape index (κ1) is 15.3. The van der Waals surface area contributed by atoms with Gasteiger partial charge in [-0.25, -0.2) is 4.98 Å². The maximum Gasteiger partial charge on any atom is 0.292 e. The van der Waals surface area contributed by atoms with Gasteiger partial charge in [-0.05, 0) is 46.1 Å². The average Bonchev–Trinajstić information content (AvgIpc) is 2.96. The number of nitrogens with one attached hydrogen (secondary N) is 1. The van der Waals surface area contributed by atoms with Crippen LogP contribution in [0, 0.1) is 13.8 Å². The Morgan fingerprint density at radius 3 is 2.83 bits per heavy atom. The summed E-state index contributed by atoms with van der Waals surface area (Å²) in [5, 5.41) is 6.71. The van der Waals surface area contributed by atoms with E-state index in [2.05, 4.69) is 25.3 Å². The Morgan fingerprint density at radius 1 is 1.29 bits per heavy atom. The minimum Gasteiger partial charge on any atom is -0.444 e. The standard InChI is InChI=1S/C16H21N5O3/c1-9-10(2)23-13(17-9)8-21-7-3-4-12(21)16-19-14(20-24-16)15(22)18-11-5-6-11/h11-12H,3-8H2,1-2H3,(H,18,22)/t12-/m0/s1. The van der Waals surface area contributed by atoms with Crippen LogP contribution in [0.5, 0.6) is 0 Å². The Hall–Kier alpha value is -2.22. The van der Waals surface area contributed by atoms with Gasteiger partial charge in [-0.15, -0.1) is 0 Å². The minimum atomic E-state index is -0.254. The molecule has 8 nitrogen and oxygen atoms in total. The molecule has 1 N–H and O–H groups in total. The molecule has 0 unspecified atom stereocenters. The highest BCUT2D eigenvalue weighted by Crippen LogP contribution is 2.32. The summed E-state index contributed by atoms with van der Waals surface area (Å²) in [6.07, 6.45) is 4.02. The molecule has 0 aromatic carbocycles. The molecule has 0 radical (unpaired) electrons. The molecule has 1 atom stereocenters. The largest absolute Gasteiger partial charge is 0.444 e. The molecule has 2 fully saturated rings. The highest BCUT2D eigenvalue weighted by molar-refractivity contribution is 5.90. The van der Waals surface area contributed by atoms with Gasteiger partial charge in [0.05, 0.1) is 18.3 Å². The second-order valence-electron chi connectivity index (χ2n) is 6.58. The topological polar surface area (TPSA) is 97.3 Å². The van der Waals surface area contributed by atoms with E-state index < -0.39 is 0 Å². The zero-order valence-corrected chi connectivity index (χ0v) is 13.9. The van der Waals surface area contributed by atoms with Crippen LogP contribution in [0.4, 0.5) is 0 Å². The quantitative estimate of drug-likeness (QED) is 0.893. The summed E-state index contributed by atoms with van der Waals surface area (Å²) in [7, 11) is 0. The lowest BCUT2D eigenvalue weighted by Gasteiger charge is -2.19. The van der Waals surface area contributed by atoms with E-state index in [1.54, 1.807) is 0 Å². The normalized spacial score (nSPS) is 21.3. The lowest BCUT2D eigenvalue weighted by Crippen LogP contribution is -2.27. The van der Waals surface area contributed by atoms with Gasteiger partial charge in [-0.1, -0.05) is 5.16 Å². The summed E-state index contributed by atoms with van der Waals surface area (Å²) >= 11 is 0. The Balaban J connectivity index is 1.46. The molecule has 3 heterocycles. The van der Waals surface area contributed by atoms with Crippen molar-refractivity contribution < 1.29 is 13.7 Å².